The highest BCUT2D eigenvalue weighted by Crippen LogP contribution is 2.37. The predicted octanol–water partition coefficient (Wildman–Crippen LogP) is 1.70. The molecule has 18 heavy (non-hydrogen) atoms. The van der Waals surface area contributed by atoms with Crippen molar-refractivity contribution in [2.45, 2.75) is 47.9 Å². The minimum atomic E-state index is 0.0233. The molecule has 3 unspecified atom stereocenters. The normalized spacial score (nSPS) is 30.2. The van der Waals surface area contributed by atoms with Crippen LogP contribution in [0, 0.1) is 0 Å². The molecular weight excluding hydrogens is 244 g/mol. The van der Waals surface area contributed by atoms with E-state index in [0.29, 0.717) is 0 Å². The van der Waals surface area contributed by atoms with E-state index in [4.69, 9.17) is 5.73 Å². The van der Waals surface area contributed by atoms with Crippen molar-refractivity contribution in [2.75, 3.05) is 0 Å². The summed E-state index contributed by atoms with van der Waals surface area (Å²) in [6.07, 6.45) is 4.03. The minimum Gasteiger partial charge on any atom is -0.351 e. The van der Waals surface area contributed by atoms with Gasteiger partial charge in [0.25, 0.3) is 0 Å². The van der Waals surface area contributed by atoms with Gasteiger partial charge in [0, 0.05) is 17.0 Å². The molecule has 3 nitrogen and oxygen atoms in total. The quantitative estimate of drug-likeness (QED) is 0.853. The van der Waals surface area contributed by atoms with Gasteiger partial charge in [-0.1, -0.05) is 18.2 Å². The van der Waals surface area contributed by atoms with E-state index in [1.165, 1.54) is 10.5 Å². The van der Waals surface area contributed by atoms with E-state index in [1.807, 2.05) is 12.1 Å². The highest BCUT2D eigenvalue weighted by atomic mass is 32.2. The van der Waals surface area contributed by atoms with Gasteiger partial charge in [0.05, 0.1) is 5.25 Å². The van der Waals surface area contributed by atoms with E-state index in [-0.39, 0.29) is 23.2 Å². The second kappa shape index (κ2) is 4.94. The summed E-state index contributed by atoms with van der Waals surface area (Å²) in [6, 6.07) is 8.58. The van der Waals surface area contributed by atoms with Crippen LogP contribution >= 0.6 is 11.8 Å². The Labute approximate surface area is 112 Å². The largest absolute Gasteiger partial charge is 0.351 e. The van der Waals surface area contributed by atoms with Gasteiger partial charge in [-0.05, 0) is 37.3 Å². The van der Waals surface area contributed by atoms with Crippen LogP contribution in [0.4, 0.5) is 0 Å². The Morgan fingerprint density at radius 2 is 2.17 bits per heavy atom. The lowest BCUT2D eigenvalue weighted by molar-refractivity contribution is -0.121. The molecule has 1 heterocycles. The van der Waals surface area contributed by atoms with Crippen LogP contribution in [0.5, 0.6) is 0 Å². The van der Waals surface area contributed by atoms with Crippen LogP contribution in [-0.4, -0.2) is 23.2 Å². The van der Waals surface area contributed by atoms with E-state index < -0.39 is 0 Å². The Kier molecular flexibility index (Phi) is 3.31. The van der Waals surface area contributed by atoms with Crippen LogP contribution in [0.1, 0.15) is 24.8 Å². The molecule has 3 atom stereocenters. The van der Waals surface area contributed by atoms with Gasteiger partial charge in [0.15, 0.2) is 0 Å². The molecule has 1 saturated carbocycles. The van der Waals surface area contributed by atoms with Crippen LogP contribution < -0.4 is 11.1 Å². The molecule has 96 valence electrons. The first-order valence-electron chi connectivity index (χ1n) is 6.54. The standard InChI is InChI=1S/C14H18N2OS/c15-10-5-3-6-11(10)16-14(17)13-8-9-4-1-2-7-12(9)18-13/h1-2,4,7,10-11,13H,3,5-6,8,15H2,(H,16,17). The lowest BCUT2D eigenvalue weighted by atomic mass is 10.1. The van der Waals surface area contributed by atoms with Crippen molar-refractivity contribution in [1.82, 2.24) is 5.32 Å². The number of nitrogens with two attached hydrogens (primary N) is 1. The molecule has 2 aliphatic rings. The number of amides is 1. The molecular formula is C14H18N2OS. The third-order valence-electron chi connectivity index (χ3n) is 3.84. The first kappa shape index (κ1) is 12.1. The van der Waals surface area contributed by atoms with E-state index >= 15 is 0 Å². The zero-order valence-corrected chi connectivity index (χ0v) is 11.1. The molecule has 3 rings (SSSR count). The Hall–Kier alpha value is -1.00. The number of rotatable bonds is 2. The van der Waals surface area contributed by atoms with Crippen molar-refractivity contribution in [3.63, 3.8) is 0 Å². The fourth-order valence-corrected chi connectivity index (χ4v) is 3.98. The number of carbonyl (C=O) groups is 1. The number of hydrogen-bond acceptors (Lipinski definition) is 3. The molecule has 4 heteroatoms. The summed E-state index contributed by atoms with van der Waals surface area (Å²) in [5, 5.41) is 3.14. The van der Waals surface area contributed by atoms with Crippen LogP contribution in [0.3, 0.4) is 0 Å². The Morgan fingerprint density at radius 3 is 2.89 bits per heavy atom. The predicted molar refractivity (Wildman–Crippen MR) is 73.5 cm³/mol. The summed E-state index contributed by atoms with van der Waals surface area (Å²) in [5.74, 6) is 0.151. The maximum absolute atomic E-state index is 12.2. The van der Waals surface area contributed by atoms with E-state index in [1.54, 1.807) is 11.8 Å². The van der Waals surface area contributed by atoms with Crippen molar-refractivity contribution in [3.8, 4) is 0 Å². The summed E-state index contributed by atoms with van der Waals surface area (Å²) in [4.78, 5) is 13.5. The molecule has 1 amide bonds. The molecule has 0 radical (unpaired) electrons. The van der Waals surface area contributed by atoms with Gasteiger partial charge in [0.2, 0.25) is 5.91 Å². The third kappa shape index (κ3) is 2.27. The van der Waals surface area contributed by atoms with Gasteiger partial charge in [-0.2, -0.15) is 0 Å². The lowest BCUT2D eigenvalue weighted by Gasteiger charge is -2.19. The minimum absolute atomic E-state index is 0.0233. The Morgan fingerprint density at radius 1 is 1.33 bits per heavy atom. The molecule has 1 aromatic carbocycles. The van der Waals surface area contributed by atoms with E-state index in [2.05, 4.69) is 17.4 Å². The highest BCUT2D eigenvalue weighted by molar-refractivity contribution is 8.01. The summed E-state index contributed by atoms with van der Waals surface area (Å²) in [5.41, 5.74) is 7.28. The smallest absolute Gasteiger partial charge is 0.234 e. The summed E-state index contributed by atoms with van der Waals surface area (Å²) >= 11 is 1.68. The number of benzene rings is 1. The first-order valence-corrected chi connectivity index (χ1v) is 7.42. The monoisotopic (exact) mass is 262 g/mol. The topological polar surface area (TPSA) is 55.1 Å². The van der Waals surface area contributed by atoms with Gasteiger partial charge in [0.1, 0.15) is 0 Å². The second-order valence-corrected chi connectivity index (χ2v) is 6.37. The average molecular weight is 262 g/mol. The fourth-order valence-electron chi connectivity index (χ4n) is 2.77. The van der Waals surface area contributed by atoms with Crippen LogP contribution in [-0.2, 0) is 11.2 Å². The molecule has 1 fully saturated rings. The maximum atomic E-state index is 12.2. The zero-order chi connectivity index (χ0) is 12.5. The van der Waals surface area contributed by atoms with Gasteiger partial charge in [-0.3, -0.25) is 4.79 Å². The molecule has 0 bridgehead atoms. The molecule has 1 aliphatic heterocycles. The van der Waals surface area contributed by atoms with Gasteiger partial charge >= 0.3 is 0 Å². The maximum Gasteiger partial charge on any atom is 0.234 e. The number of hydrogen-bond donors (Lipinski definition) is 2. The zero-order valence-electron chi connectivity index (χ0n) is 10.3. The highest BCUT2D eigenvalue weighted by Gasteiger charge is 2.32. The fraction of sp³-hybridized carbons (Fsp3) is 0.500. The summed E-state index contributed by atoms with van der Waals surface area (Å²) < 4.78 is 0. The number of thioether (sulfide) groups is 1. The van der Waals surface area contributed by atoms with Crippen LogP contribution in [0.2, 0.25) is 0 Å². The molecule has 0 spiro atoms. The molecule has 1 aromatic rings. The molecule has 3 N–H and O–H groups in total. The average Bonchev–Trinajstić information content (AvgIpc) is 2.96. The van der Waals surface area contributed by atoms with E-state index in [9.17, 15) is 4.79 Å². The SMILES string of the molecule is NC1CCCC1NC(=O)C1Cc2ccccc2S1. The summed E-state index contributed by atoms with van der Waals surface area (Å²) in [7, 11) is 0. The van der Waals surface area contributed by atoms with Crippen molar-refractivity contribution >= 4 is 17.7 Å². The number of carbonyl (C=O) groups excluding carboxylic acids is 1. The van der Waals surface area contributed by atoms with Crippen LogP contribution in [0.25, 0.3) is 0 Å². The number of fused-ring (bicyclic) bond motifs is 1. The van der Waals surface area contributed by atoms with Crippen molar-refractivity contribution < 1.29 is 4.79 Å². The summed E-state index contributed by atoms with van der Waals surface area (Å²) in [6.45, 7) is 0. The molecule has 0 saturated heterocycles. The van der Waals surface area contributed by atoms with Gasteiger partial charge in [-0.25, -0.2) is 0 Å². The van der Waals surface area contributed by atoms with Gasteiger partial charge in [-0.15, -0.1) is 11.8 Å². The lowest BCUT2D eigenvalue weighted by Crippen LogP contribution is -2.46. The van der Waals surface area contributed by atoms with Crippen molar-refractivity contribution in [1.29, 1.82) is 0 Å². The van der Waals surface area contributed by atoms with Crippen LogP contribution in [0.15, 0.2) is 29.2 Å². The number of nitrogens with one attached hydrogen (secondary N) is 1. The van der Waals surface area contributed by atoms with Gasteiger partial charge < -0.3 is 11.1 Å². The molecule has 1 aliphatic carbocycles. The van der Waals surface area contributed by atoms with Crippen molar-refractivity contribution in [3.05, 3.63) is 29.8 Å². The first-order chi connectivity index (χ1) is 8.74. The molecule has 0 aromatic heterocycles. The van der Waals surface area contributed by atoms with E-state index in [0.717, 1.165) is 25.7 Å². The Balaban J connectivity index is 1.62. The van der Waals surface area contributed by atoms with Crippen molar-refractivity contribution in [2.24, 2.45) is 5.73 Å². The second-order valence-electron chi connectivity index (χ2n) is 5.13. The Bertz CT molecular complexity index is 438. The third-order valence-corrected chi connectivity index (χ3v) is 5.15.